The summed E-state index contributed by atoms with van der Waals surface area (Å²) in [5.74, 6) is 1.15. The third-order valence-electron chi connectivity index (χ3n) is 2.96. The molecule has 0 aliphatic carbocycles. The van der Waals surface area contributed by atoms with E-state index in [1.807, 2.05) is 19.4 Å². The van der Waals surface area contributed by atoms with Crippen LogP contribution in [0.5, 0.6) is 0 Å². The van der Waals surface area contributed by atoms with E-state index in [2.05, 4.69) is 20.0 Å². The Morgan fingerprint density at radius 2 is 2.13 bits per heavy atom. The predicted octanol–water partition coefficient (Wildman–Crippen LogP) is 0.953. The van der Waals surface area contributed by atoms with Crippen molar-refractivity contribution in [1.29, 1.82) is 0 Å². The number of nitrogens with zero attached hydrogens (tertiary/aromatic N) is 3. The summed E-state index contributed by atoms with van der Waals surface area (Å²) in [4.78, 5) is 4.30. The van der Waals surface area contributed by atoms with Crippen molar-refractivity contribution in [3.8, 4) is 0 Å². The lowest BCUT2D eigenvalue weighted by atomic mass is 10.2. The number of hydrazine groups is 1. The Bertz CT molecular complexity index is 289. The molecule has 1 saturated heterocycles. The van der Waals surface area contributed by atoms with Crippen molar-refractivity contribution < 1.29 is 0 Å². The molecule has 0 aromatic carbocycles. The fraction of sp³-hybridized carbons (Fsp3) is 0.727. The highest BCUT2D eigenvalue weighted by Crippen LogP contribution is 2.05. The van der Waals surface area contributed by atoms with Gasteiger partial charge in [0.15, 0.2) is 0 Å². The van der Waals surface area contributed by atoms with E-state index in [0.717, 1.165) is 18.8 Å². The van der Waals surface area contributed by atoms with E-state index in [4.69, 9.17) is 0 Å². The van der Waals surface area contributed by atoms with Gasteiger partial charge in [0.1, 0.15) is 5.82 Å². The SMILES string of the molecule is Cn1ccnc1CCNN1CCCCC1. The normalized spacial score (nSPS) is 18.2. The summed E-state index contributed by atoms with van der Waals surface area (Å²) >= 11 is 0. The van der Waals surface area contributed by atoms with E-state index in [9.17, 15) is 0 Å². The summed E-state index contributed by atoms with van der Waals surface area (Å²) in [5, 5.41) is 2.34. The van der Waals surface area contributed by atoms with Crippen LogP contribution in [-0.4, -0.2) is 34.2 Å². The molecule has 15 heavy (non-hydrogen) atoms. The van der Waals surface area contributed by atoms with Crippen LogP contribution in [0.2, 0.25) is 0 Å². The van der Waals surface area contributed by atoms with Gasteiger partial charge in [-0.15, -0.1) is 0 Å². The highest BCUT2D eigenvalue weighted by atomic mass is 15.5. The standard InChI is InChI=1S/C11H20N4/c1-14-10-7-12-11(14)5-6-13-15-8-3-2-4-9-15/h7,10,13H,2-6,8-9H2,1H3. The number of hydrogen-bond donors (Lipinski definition) is 1. The Morgan fingerprint density at radius 3 is 2.80 bits per heavy atom. The summed E-state index contributed by atoms with van der Waals surface area (Å²) in [6, 6.07) is 0. The summed E-state index contributed by atoms with van der Waals surface area (Å²) in [7, 11) is 2.04. The molecule has 2 rings (SSSR count). The Morgan fingerprint density at radius 1 is 1.33 bits per heavy atom. The lowest BCUT2D eigenvalue weighted by Gasteiger charge is -2.26. The zero-order chi connectivity index (χ0) is 10.5. The molecule has 0 amide bonds. The Hall–Kier alpha value is -0.870. The first-order valence-corrected chi connectivity index (χ1v) is 5.81. The maximum atomic E-state index is 4.30. The number of aryl methyl sites for hydroxylation is 1. The van der Waals surface area contributed by atoms with Crippen LogP contribution < -0.4 is 5.43 Å². The summed E-state index contributed by atoms with van der Waals surface area (Å²) in [6.45, 7) is 3.38. The quantitative estimate of drug-likeness (QED) is 0.800. The first-order chi connectivity index (χ1) is 7.36. The van der Waals surface area contributed by atoms with Gasteiger partial charge < -0.3 is 4.57 Å². The smallest absolute Gasteiger partial charge is 0.109 e. The minimum atomic E-state index is 0.991. The third-order valence-corrected chi connectivity index (χ3v) is 2.96. The van der Waals surface area contributed by atoms with Crippen LogP contribution >= 0.6 is 0 Å². The molecule has 1 aliphatic heterocycles. The van der Waals surface area contributed by atoms with Crippen LogP contribution in [0.3, 0.4) is 0 Å². The van der Waals surface area contributed by atoms with Crippen LogP contribution in [0.4, 0.5) is 0 Å². The monoisotopic (exact) mass is 208 g/mol. The number of hydrogen-bond acceptors (Lipinski definition) is 3. The Kier molecular flexibility index (Phi) is 3.75. The average Bonchev–Trinajstić information content (AvgIpc) is 2.66. The Labute approximate surface area is 91.3 Å². The van der Waals surface area contributed by atoms with Gasteiger partial charge >= 0.3 is 0 Å². The maximum Gasteiger partial charge on any atom is 0.109 e. The van der Waals surface area contributed by atoms with Crippen molar-refractivity contribution in [2.24, 2.45) is 7.05 Å². The van der Waals surface area contributed by atoms with Crippen LogP contribution in [-0.2, 0) is 13.5 Å². The van der Waals surface area contributed by atoms with Crippen LogP contribution in [0.15, 0.2) is 12.4 Å². The molecule has 1 aromatic rings. The van der Waals surface area contributed by atoms with E-state index in [0.29, 0.717) is 0 Å². The van der Waals surface area contributed by atoms with Crippen LogP contribution in [0.25, 0.3) is 0 Å². The van der Waals surface area contributed by atoms with E-state index in [1.54, 1.807) is 0 Å². The van der Waals surface area contributed by atoms with Gasteiger partial charge in [0.2, 0.25) is 0 Å². The molecular weight excluding hydrogens is 188 g/mol. The first kappa shape index (κ1) is 10.6. The zero-order valence-corrected chi connectivity index (χ0v) is 9.45. The third kappa shape index (κ3) is 3.04. The molecule has 0 bridgehead atoms. The second-order valence-corrected chi connectivity index (χ2v) is 4.16. The van der Waals surface area contributed by atoms with E-state index >= 15 is 0 Å². The number of aromatic nitrogens is 2. The molecule has 84 valence electrons. The lowest BCUT2D eigenvalue weighted by Crippen LogP contribution is -2.42. The number of piperidine rings is 1. The molecule has 2 heterocycles. The molecule has 0 unspecified atom stereocenters. The topological polar surface area (TPSA) is 33.1 Å². The number of nitrogens with one attached hydrogen (secondary N) is 1. The molecule has 4 nitrogen and oxygen atoms in total. The van der Waals surface area contributed by atoms with Gasteiger partial charge in [-0.2, -0.15) is 0 Å². The van der Waals surface area contributed by atoms with Crippen molar-refractivity contribution in [2.45, 2.75) is 25.7 Å². The largest absolute Gasteiger partial charge is 0.338 e. The molecule has 1 N–H and O–H groups in total. The van der Waals surface area contributed by atoms with Crippen LogP contribution in [0, 0.1) is 0 Å². The minimum absolute atomic E-state index is 0.991. The van der Waals surface area contributed by atoms with Crippen molar-refractivity contribution >= 4 is 0 Å². The zero-order valence-electron chi connectivity index (χ0n) is 9.45. The maximum absolute atomic E-state index is 4.30. The highest BCUT2D eigenvalue weighted by Gasteiger charge is 2.08. The van der Waals surface area contributed by atoms with Gasteiger partial charge in [0, 0.05) is 45.5 Å². The summed E-state index contributed by atoms with van der Waals surface area (Å²) in [5.41, 5.74) is 3.47. The van der Waals surface area contributed by atoms with Gasteiger partial charge in [0.05, 0.1) is 0 Å². The molecule has 4 heteroatoms. The van der Waals surface area contributed by atoms with E-state index < -0.39 is 0 Å². The first-order valence-electron chi connectivity index (χ1n) is 5.81. The Balaban J connectivity index is 1.68. The molecule has 0 radical (unpaired) electrons. The number of rotatable bonds is 4. The fourth-order valence-corrected chi connectivity index (χ4v) is 2.02. The number of imidazole rings is 1. The van der Waals surface area contributed by atoms with Crippen molar-refractivity contribution in [2.75, 3.05) is 19.6 Å². The van der Waals surface area contributed by atoms with E-state index in [-0.39, 0.29) is 0 Å². The average molecular weight is 208 g/mol. The molecule has 1 aromatic heterocycles. The molecule has 0 saturated carbocycles. The van der Waals surface area contributed by atoms with Gasteiger partial charge in [-0.05, 0) is 12.8 Å². The van der Waals surface area contributed by atoms with Gasteiger partial charge in [-0.25, -0.2) is 9.99 Å². The predicted molar refractivity (Wildman–Crippen MR) is 60.3 cm³/mol. The summed E-state index contributed by atoms with van der Waals surface area (Å²) < 4.78 is 2.08. The van der Waals surface area contributed by atoms with Crippen molar-refractivity contribution in [3.05, 3.63) is 18.2 Å². The lowest BCUT2D eigenvalue weighted by molar-refractivity contribution is 0.155. The molecule has 1 aliphatic rings. The highest BCUT2D eigenvalue weighted by molar-refractivity contribution is 4.91. The van der Waals surface area contributed by atoms with Gasteiger partial charge in [0.25, 0.3) is 0 Å². The van der Waals surface area contributed by atoms with Crippen LogP contribution in [0.1, 0.15) is 25.1 Å². The minimum Gasteiger partial charge on any atom is -0.338 e. The van der Waals surface area contributed by atoms with Crippen molar-refractivity contribution in [3.63, 3.8) is 0 Å². The van der Waals surface area contributed by atoms with Gasteiger partial charge in [-0.1, -0.05) is 6.42 Å². The summed E-state index contributed by atoms with van der Waals surface area (Å²) in [6.07, 6.45) is 8.90. The molecule has 0 atom stereocenters. The van der Waals surface area contributed by atoms with E-state index in [1.165, 1.54) is 32.4 Å². The molecular formula is C11H20N4. The van der Waals surface area contributed by atoms with Gasteiger partial charge in [-0.3, -0.25) is 5.43 Å². The second kappa shape index (κ2) is 5.28. The molecule has 1 fully saturated rings. The molecule has 0 spiro atoms. The fourth-order valence-electron chi connectivity index (χ4n) is 2.02. The second-order valence-electron chi connectivity index (χ2n) is 4.16. The van der Waals surface area contributed by atoms with Crippen molar-refractivity contribution in [1.82, 2.24) is 20.0 Å².